The van der Waals surface area contributed by atoms with Crippen molar-refractivity contribution in [1.82, 2.24) is 25.1 Å². The van der Waals surface area contributed by atoms with Gasteiger partial charge in [0.25, 0.3) is 0 Å². The van der Waals surface area contributed by atoms with Gasteiger partial charge in [-0.2, -0.15) is 0 Å². The zero-order valence-electron chi connectivity index (χ0n) is 18.7. The number of likely N-dealkylation sites (N-methyl/N-ethyl adjacent to an activating group) is 1. The molecule has 2 N–H and O–H groups in total. The van der Waals surface area contributed by atoms with Crippen molar-refractivity contribution in [3.8, 4) is 0 Å². The van der Waals surface area contributed by atoms with E-state index in [0.717, 1.165) is 12.0 Å². The van der Waals surface area contributed by atoms with Crippen molar-refractivity contribution in [2.45, 2.75) is 45.4 Å². The molecule has 0 radical (unpaired) electrons. The second kappa shape index (κ2) is 9.99. The van der Waals surface area contributed by atoms with Gasteiger partial charge < -0.3 is 20.2 Å². The Morgan fingerprint density at radius 3 is 2.50 bits per heavy atom. The highest BCUT2D eigenvalue weighted by Gasteiger charge is 2.51. The number of piperazine rings is 1. The third kappa shape index (κ3) is 5.18. The van der Waals surface area contributed by atoms with E-state index in [1.165, 1.54) is 14.9 Å². The van der Waals surface area contributed by atoms with Gasteiger partial charge in [-0.25, -0.2) is 14.8 Å². The van der Waals surface area contributed by atoms with Gasteiger partial charge in [-0.05, 0) is 17.9 Å². The highest BCUT2D eigenvalue weighted by molar-refractivity contribution is 5.93. The van der Waals surface area contributed by atoms with E-state index >= 15 is 0 Å². The second-order valence-corrected chi connectivity index (χ2v) is 8.67. The molecule has 0 aliphatic carbocycles. The standard InChI is InChI=1S/C22H31N5O5/c1-15(2)9-10-25-13-18-26(17(21(25)31)11-20(29)30)19(28)14-24(3)27(18)22(32)23-12-16-7-5-4-6-8-16/h4-8,15,17-18H,9-14H2,1-3H3,(H,23,32)(H,29,30)/t17-,18-/m0/s1. The lowest BCUT2D eigenvalue weighted by atomic mass is 10.0. The van der Waals surface area contributed by atoms with Crippen LogP contribution in [0.3, 0.4) is 0 Å². The number of amides is 4. The molecule has 2 aliphatic rings. The summed E-state index contributed by atoms with van der Waals surface area (Å²) in [5, 5.41) is 15.2. The van der Waals surface area contributed by atoms with Crippen LogP contribution in [0.2, 0.25) is 0 Å². The molecule has 32 heavy (non-hydrogen) atoms. The van der Waals surface area contributed by atoms with Crippen LogP contribution in [0.5, 0.6) is 0 Å². The lowest BCUT2D eigenvalue weighted by molar-refractivity contribution is -0.188. The summed E-state index contributed by atoms with van der Waals surface area (Å²) in [5.74, 6) is -1.57. The first-order chi connectivity index (χ1) is 15.2. The minimum atomic E-state index is -1.17. The van der Waals surface area contributed by atoms with E-state index in [4.69, 9.17) is 0 Å². The Bertz CT molecular complexity index is 862. The molecule has 3 rings (SSSR count). The number of carboxylic acid groups (broad SMARTS) is 1. The fourth-order valence-corrected chi connectivity index (χ4v) is 4.14. The maximum atomic E-state index is 13.1. The van der Waals surface area contributed by atoms with E-state index < -0.39 is 30.6 Å². The smallest absolute Gasteiger partial charge is 0.334 e. The number of aliphatic carboxylic acids is 1. The quantitative estimate of drug-likeness (QED) is 0.646. The zero-order valence-corrected chi connectivity index (χ0v) is 18.7. The minimum Gasteiger partial charge on any atom is -0.481 e. The molecule has 0 unspecified atom stereocenters. The van der Waals surface area contributed by atoms with Crippen LogP contribution in [0.25, 0.3) is 0 Å². The van der Waals surface area contributed by atoms with Gasteiger partial charge in [-0.15, -0.1) is 0 Å². The summed E-state index contributed by atoms with van der Waals surface area (Å²) < 4.78 is 0. The number of fused-ring (bicyclic) bond motifs is 1. The number of benzene rings is 1. The first-order valence-electron chi connectivity index (χ1n) is 10.8. The molecule has 10 heteroatoms. The summed E-state index contributed by atoms with van der Waals surface area (Å²) in [6, 6.07) is 7.89. The Balaban J connectivity index is 1.85. The lowest BCUT2D eigenvalue weighted by Crippen LogP contribution is -2.76. The maximum Gasteiger partial charge on any atom is 0.334 e. The summed E-state index contributed by atoms with van der Waals surface area (Å²) in [6.45, 7) is 4.84. The number of carbonyl (C=O) groups excluding carboxylic acids is 3. The molecular weight excluding hydrogens is 414 g/mol. The van der Waals surface area contributed by atoms with E-state index in [1.807, 2.05) is 44.2 Å². The van der Waals surface area contributed by atoms with Crippen LogP contribution >= 0.6 is 0 Å². The third-order valence-electron chi connectivity index (χ3n) is 5.78. The predicted molar refractivity (Wildman–Crippen MR) is 116 cm³/mol. The lowest BCUT2D eigenvalue weighted by Gasteiger charge is -2.54. The molecular formula is C22H31N5O5. The number of rotatable bonds is 7. The van der Waals surface area contributed by atoms with E-state index in [0.29, 0.717) is 19.0 Å². The molecule has 2 saturated heterocycles. The molecule has 0 spiro atoms. The summed E-state index contributed by atoms with van der Waals surface area (Å²) >= 11 is 0. The predicted octanol–water partition coefficient (Wildman–Crippen LogP) is 0.945. The van der Waals surface area contributed by atoms with Crippen molar-refractivity contribution in [3.05, 3.63) is 35.9 Å². The van der Waals surface area contributed by atoms with Crippen molar-refractivity contribution < 1.29 is 24.3 Å². The molecule has 2 aliphatic heterocycles. The monoisotopic (exact) mass is 445 g/mol. The normalized spacial score (nSPS) is 21.7. The fourth-order valence-electron chi connectivity index (χ4n) is 4.14. The second-order valence-electron chi connectivity index (χ2n) is 8.67. The highest BCUT2D eigenvalue weighted by Crippen LogP contribution is 2.27. The number of hydrogen-bond acceptors (Lipinski definition) is 5. The van der Waals surface area contributed by atoms with Gasteiger partial charge in [-0.1, -0.05) is 44.2 Å². The third-order valence-corrected chi connectivity index (χ3v) is 5.78. The van der Waals surface area contributed by atoms with Crippen LogP contribution in [-0.4, -0.2) is 87.6 Å². The Kier molecular flexibility index (Phi) is 7.34. The number of hydrogen-bond donors (Lipinski definition) is 2. The van der Waals surface area contributed by atoms with Crippen LogP contribution in [-0.2, 0) is 20.9 Å². The van der Waals surface area contributed by atoms with Gasteiger partial charge in [0.05, 0.1) is 19.5 Å². The maximum absolute atomic E-state index is 13.1. The Morgan fingerprint density at radius 2 is 1.88 bits per heavy atom. The van der Waals surface area contributed by atoms with Crippen LogP contribution in [0.4, 0.5) is 4.79 Å². The molecule has 10 nitrogen and oxygen atoms in total. The van der Waals surface area contributed by atoms with Crippen molar-refractivity contribution in [3.63, 3.8) is 0 Å². The average Bonchev–Trinajstić information content (AvgIpc) is 2.73. The molecule has 1 aromatic rings. The number of nitrogens with one attached hydrogen (secondary N) is 1. The fraction of sp³-hybridized carbons (Fsp3) is 0.545. The first kappa shape index (κ1) is 23.5. The molecule has 2 fully saturated rings. The molecule has 4 amide bonds. The van der Waals surface area contributed by atoms with Crippen molar-refractivity contribution >= 4 is 23.8 Å². The summed E-state index contributed by atoms with van der Waals surface area (Å²) in [6.07, 6.45) is -0.531. The van der Waals surface area contributed by atoms with Crippen LogP contribution in [0.1, 0.15) is 32.3 Å². The molecule has 0 saturated carbocycles. The largest absolute Gasteiger partial charge is 0.481 e. The Labute approximate surface area is 187 Å². The topological polar surface area (TPSA) is 114 Å². The molecule has 2 heterocycles. The van der Waals surface area contributed by atoms with Crippen molar-refractivity contribution in [1.29, 1.82) is 0 Å². The summed E-state index contributed by atoms with van der Waals surface area (Å²) in [5.41, 5.74) is 0.926. The van der Waals surface area contributed by atoms with E-state index in [-0.39, 0.29) is 24.9 Å². The van der Waals surface area contributed by atoms with E-state index in [9.17, 15) is 24.3 Å². The van der Waals surface area contributed by atoms with Crippen LogP contribution in [0, 0.1) is 5.92 Å². The van der Waals surface area contributed by atoms with Crippen LogP contribution < -0.4 is 5.32 Å². The molecule has 0 bridgehead atoms. The van der Waals surface area contributed by atoms with Gasteiger partial charge in [0, 0.05) is 20.1 Å². The number of nitrogens with zero attached hydrogens (tertiary/aromatic N) is 4. The molecule has 0 aromatic heterocycles. The molecule has 2 atom stereocenters. The first-order valence-corrected chi connectivity index (χ1v) is 10.8. The highest BCUT2D eigenvalue weighted by atomic mass is 16.4. The number of carboxylic acids is 1. The van der Waals surface area contributed by atoms with Crippen molar-refractivity contribution in [2.24, 2.45) is 5.92 Å². The Hall–Kier alpha value is -3.14. The summed E-state index contributed by atoms with van der Waals surface area (Å²) in [4.78, 5) is 53.4. The molecule has 1 aromatic carbocycles. The van der Waals surface area contributed by atoms with Gasteiger partial charge >= 0.3 is 12.0 Å². The van der Waals surface area contributed by atoms with Gasteiger partial charge in [0.2, 0.25) is 11.8 Å². The van der Waals surface area contributed by atoms with Crippen molar-refractivity contribution in [2.75, 3.05) is 26.7 Å². The zero-order chi connectivity index (χ0) is 23.4. The average molecular weight is 446 g/mol. The van der Waals surface area contributed by atoms with Crippen LogP contribution in [0.15, 0.2) is 30.3 Å². The number of carbonyl (C=O) groups is 4. The minimum absolute atomic E-state index is 0.120. The van der Waals surface area contributed by atoms with Gasteiger partial charge in [0.15, 0.2) is 0 Å². The van der Waals surface area contributed by atoms with Gasteiger partial charge in [-0.3, -0.25) is 14.4 Å². The number of hydrazine groups is 1. The summed E-state index contributed by atoms with van der Waals surface area (Å²) in [7, 11) is 1.64. The van der Waals surface area contributed by atoms with E-state index in [1.54, 1.807) is 11.9 Å². The Morgan fingerprint density at radius 1 is 1.19 bits per heavy atom. The number of urea groups is 1. The van der Waals surface area contributed by atoms with Gasteiger partial charge in [0.1, 0.15) is 12.2 Å². The SMILES string of the molecule is CC(C)CCN1C[C@H]2N(C(=O)CN(C)N2C(=O)NCc2ccccc2)[C@@H](CC(=O)O)C1=O. The van der Waals surface area contributed by atoms with E-state index in [2.05, 4.69) is 5.32 Å². The molecule has 174 valence electrons.